The van der Waals surface area contributed by atoms with Gasteiger partial charge in [0.05, 0.1) is 6.61 Å². The average molecular weight is 164 g/mol. The largest absolute Gasteiger partial charge is 0.421 e. The number of rotatable bonds is 3. The van der Waals surface area contributed by atoms with Gasteiger partial charge in [-0.15, -0.1) is 0 Å². The third-order valence-corrected chi connectivity index (χ3v) is 0.697. The standard InChI is InChI=1S/C4H5F5O/c5-2-10-1-3(6)4(7,8)9/h3H,1-2H2. The lowest BCUT2D eigenvalue weighted by atomic mass is 10.4. The van der Waals surface area contributed by atoms with Crippen molar-refractivity contribution in [2.24, 2.45) is 0 Å². The summed E-state index contributed by atoms with van der Waals surface area (Å²) in [5, 5.41) is 0. The average Bonchev–Trinajstić information content (AvgIpc) is 1.80. The molecule has 0 aliphatic rings. The molecular formula is C4H5F5O. The lowest BCUT2D eigenvalue weighted by molar-refractivity contribution is -0.196. The number of hydrogen-bond acceptors (Lipinski definition) is 1. The molecule has 0 aromatic rings. The lowest BCUT2D eigenvalue weighted by Gasteiger charge is -2.10. The van der Waals surface area contributed by atoms with E-state index in [1.54, 1.807) is 0 Å². The molecule has 0 aromatic heterocycles. The second-order valence-corrected chi connectivity index (χ2v) is 1.49. The summed E-state index contributed by atoms with van der Waals surface area (Å²) in [5.41, 5.74) is 0. The fraction of sp³-hybridized carbons (Fsp3) is 1.00. The van der Waals surface area contributed by atoms with E-state index in [4.69, 9.17) is 0 Å². The van der Waals surface area contributed by atoms with Crippen LogP contribution in [0.25, 0.3) is 0 Å². The summed E-state index contributed by atoms with van der Waals surface area (Å²) >= 11 is 0. The number of halogens is 5. The second kappa shape index (κ2) is 3.70. The zero-order chi connectivity index (χ0) is 8.20. The molecule has 0 radical (unpaired) electrons. The van der Waals surface area contributed by atoms with Gasteiger partial charge < -0.3 is 4.74 Å². The van der Waals surface area contributed by atoms with E-state index in [0.717, 1.165) is 0 Å². The van der Waals surface area contributed by atoms with Crippen molar-refractivity contribution in [3.8, 4) is 0 Å². The first-order valence-corrected chi connectivity index (χ1v) is 2.33. The molecule has 0 amide bonds. The Kier molecular flexibility index (Phi) is 3.55. The third-order valence-electron chi connectivity index (χ3n) is 0.697. The summed E-state index contributed by atoms with van der Waals surface area (Å²) in [4.78, 5) is 0. The van der Waals surface area contributed by atoms with Crippen LogP contribution in [-0.2, 0) is 4.74 Å². The summed E-state index contributed by atoms with van der Waals surface area (Å²) in [7, 11) is 0. The summed E-state index contributed by atoms with van der Waals surface area (Å²) in [6.07, 6.45) is -8.04. The van der Waals surface area contributed by atoms with Gasteiger partial charge in [0.2, 0.25) is 6.17 Å². The van der Waals surface area contributed by atoms with E-state index in [2.05, 4.69) is 4.74 Å². The van der Waals surface area contributed by atoms with Gasteiger partial charge in [0.25, 0.3) is 0 Å². The van der Waals surface area contributed by atoms with Gasteiger partial charge in [0.1, 0.15) is 0 Å². The maximum absolute atomic E-state index is 11.7. The van der Waals surface area contributed by atoms with E-state index >= 15 is 0 Å². The van der Waals surface area contributed by atoms with Gasteiger partial charge in [-0.25, -0.2) is 8.78 Å². The van der Waals surface area contributed by atoms with Gasteiger partial charge >= 0.3 is 6.18 Å². The van der Waals surface area contributed by atoms with Gasteiger partial charge in [0, 0.05) is 0 Å². The van der Waals surface area contributed by atoms with Crippen LogP contribution in [0.15, 0.2) is 0 Å². The molecule has 0 aliphatic heterocycles. The first kappa shape index (κ1) is 9.61. The van der Waals surface area contributed by atoms with Crippen molar-refractivity contribution in [2.75, 3.05) is 13.5 Å². The second-order valence-electron chi connectivity index (χ2n) is 1.49. The first-order chi connectivity index (χ1) is 4.48. The first-order valence-electron chi connectivity index (χ1n) is 2.33. The molecular weight excluding hydrogens is 159 g/mol. The molecule has 0 aliphatic carbocycles. The topological polar surface area (TPSA) is 9.23 Å². The molecule has 1 unspecified atom stereocenters. The Morgan fingerprint density at radius 2 is 1.80 bits per heavy atom. The molecule has 0 saturated heterocycles. The van der Waals surface area contributed by atoms with E-state index < -0.39 is 25.8 Å². The van der Waals surface area contributed by atoms with Crippen molar-refractivity contribution in [1.82, 2.24) is 0 Å². The predicted molar refractivity (Wildman–Crippen MR) is 22.9 cm³/mol. The van der Waals surface area contributed by atoms with Crippen LogP contribution in [0.4, 0.5) is 22.0 Å². The van der Waals surface area contributed by atoms with Crippen LogP contribution in [0, 0.1) is 0 Å². The van der Waals surface area contributed by atoms with Crippen LogP contribution in [0.1, 0.15) is 0 Å². The van der Waals surface area contributed by atoms with Gasteiger partial charge in [0.15, 0.2) is 6.86 Å². The smallest absolute Gasteiger partial charge is 0.347 e. The molecule has 1 nitrogen and oxygen atoms in total. The van der Waals surface area contributed by atoms with Crippen molar-refractivity contribution >= 4 is 0 Å². The molecule has 0 N–H and O–H groups in total. The highest BCUT2D eigenvalue weighted by atomic mass is 19.4. The Hall–Kier alpha value is -0.390. The summed E-state index contributed by atoms with van der Waals surface area (Å²) in [5.74, 6) is 0. The zero-order valence-electron chi connectivity index (χ0n) is 4.79. The Morgan fingerprint density at radius 1 is 1.30 bits per heavy atom. The molecule has 1 atom stereocenters. The monoisotopic (exact) mass is 164 g/mol. The van der Waals surface area contributed by atoms with Crippen LogP contribution < -0.4 is 0 Å². The quantitative estimate of drug-likeness (QED) is 0.578. The van der Waals surface area contributed by atoms with E-state index in [1.807, 2.05) is 0 Å². The molecule has 0 spiro atoms. The van der Waals surface area contributed by atoms with Gasteiger partial charge in [-0.2, -0.15) is 13.2 Å². The summed E-state index contributed by atoms with van der Waals surface area (Å²) < 4.78 is 59.8. The van der Waals surface area contributed by atoms with Crippen molar-refractivity contribution in [3.63, 3.8) is 0 Å². The fourth-order valence-electron chi connectivity index (χ4n) is 0.243. The molecule has 0 aromatic carbocycles. The number of alkyl halides is 5. The molecule has 0 rings (SSSR count). The molecule has 6 heteroatoms. The Morgan fingerprint density at radius 3 is 2.10 bits per heavy atom. The Bertz CT molecular complexity index is 90.1. The lowest BCUT2D eigenvalue weighted by Crippen LogP contribution is -2.28. The molecule has 62 valence electrons. The van der Waals surface area contributed by atoms with E-state index in [9.17, 15) is 22.0 Å². The van der Waals surface area contributed by atoms with Crippen molar-refractivity contribution in [1.29, 1.82) is 0 Å². The Balaban J connectivity index is 3.52. The summed E-state index contributed by atoms with van der Waals surface area (Å²) in [6.45, 7) is -2.68. The van der Waals surface area contributed by atoms with E-state index in [-0.39, 0.29) is 0 Å². The maximum atomic E-state index is 11.7. The third kappa shape index (κ3) is 3.60. The summed E-state index contributed by atoms with van der Waals surface area (Å²) in [6, 6.07) is 0. The van der Waals surface area contributed by atoms with Crippen LogP contribution in [-0.4, -0.2) is 25.8 Å². The normalized spacial score (nSPS) is 15.3. The fourth-order valence-corrected chi connectivity index (χ4v) is 0.243. The Labute approximate surface area is 53.8 Å². The maximum Gasteiger partial charge on any atom is 0.421 e. The molecule has 0 heterocycles. The highest BCUT2D eigenvalue weighted by Gasteiger charge is 2.40. The minimum Gasteiger partial charge on any atom is -0.347 e. The van der Waals surface area contributed by atoms with Crippen LogP contribution >= 0.6 is 0 Å². The molecule has 0 bridgehead atoms. The van der Waals surface area contributed by atoms with E-state index in [0.29, 0.717) is 0 Å². The van der Waals surface area contributed by atoms with Gasteiger partial charge in [-0.05, 0) is 0 Å². The highest BCUT2D eigenvalue weighted by molar-refractivity contribution is 4.63. The van der Waals surface area contributed by atoms with Crippen molar-refractivity contribution in [2.45, 2.75) is 12.3 Å². The van der Waals surface area contributed by atoms with Gasteiger partial charge in [-0.1, -0.05) is 0 Å². The molecule has 10 heavy (non-hydrogen) atoms. The van der Waals surface area contributed by atoms with Crippen LogP contribution in [0.2, 0.25) is 0 Å². The minimum atomic E-state index is -4.95. The molecule has 0 fully saturated rings. The SMILES string of the molecule is FCOCC(F)C(F)(F)F. The minimum absolute atomic E-state index is 1.28. The van der Waals surface area contributed by atoms with Crippen molar-refractivity contribution < 1.29 is 26.7 Å². The van der Waals surface area contributed by atoms with Crippen molar-refractivity contribution in [3.05, 3.63) is 0 Å². The van der Waals surface area contributed by atoms with Crippen LogP contribution in [0.5, 0.6) is 0 Å². The predicted octanol–water partition coefficient (Wildman–Crippen LogP) is 1.83. The van der Waals surface area contributed by atoms with E-state index in [1.165, 1.54) is 0 Å². The highest BCUT2D eigenvalue weighted by Crippen LogP contribution is 2.22. The molecule has 0 saturated carbocycles. The zero-order valence-corrected chi connectivity index (χ0v) is 4.79. The number of hydrogen-bond donors (Lipinski definition) is 0. The van der Waals surface area contributed by atoms with Crippen LogP contribution in [0.3, 0.4) is 0 Å². The number of ether oxygens (including phenoxy) is 1. The van der Waals surface area contributed by atoms with Gasteiger partial charge in [-0.3, -0.25) is 0 Å².